The Morgan fingerprint density at radius 2 is 2.20 bits per heavy atom. The average molecular weight is 275 g/mol. The molecule has 0 atom stereocenters. The molecule has 0 spiro atoms. The van der Waals surface area contributed by atoms with E-state index in [9.17, 15) is 4.79 Å². The number of nitrogens with zero attached hydrogens (tertiary/aromatic N) is 4. The summed E-state index contributed by atoms with van der Waals surface area (Å²) in [6, 6.07) is 0. The molecule has 0 saturated carbocycles. The van der Waals surface area contributed by atoms with Crippen molar-refractivity contribution >= 4 is 11.5 Å². The zero-order chi connectivity index (χ0) is 13.5. The van der Waals surface area contributed by atoms with E-state index in [1.165, 1.54) is 0 Å². The van der Waals surface area contributed by atoms with Gasteiger partial charge in [0, 0.05) is 32.2 Å². The SMILES string of the molecule is O=c1c2cnc(C3CCOCC3)n2nc2n1CCCN2. The predicted octanol–water partition coefficient (Wildman–Crippen LogP) is 0.601. The summed E-state index contributed by atoms with van der Waals surface area (Å²) < 4.78 is 8.82. The number of anilines is 1. The van der Waals surface area contributed by atoms with Crippen LogP contribution in [-0.2, 0) is 11.3 Å². The Hall–Kier alpha value is -1.89. The fraction of sp³-hybridized carbons (Fsp3) is 0.615. The Balaban J connectivity index is 1.87. The van der Waals surface area contributed by atoms with Gasteiger partial charge in [-0.2, -0.15) is 0 Å². The van der Waals surface area contributed by atoms with E-state index in [-0.39, 0.29) is 5.56 Å². The Morgan fingerprint density at radius 1 is 1.35 bits per heavy atom. The van der Waals surface area contributed by atoms with Gasteiger partial charge >= 0.3 is 0 Å². The number of hydrogen-bond acceptors (Lipinski definition) is 5. The highest BCUT2D eigenvalue weighted by Gasteiger charge is 2.23. The highest BCUT2D eigenvalue weighted by molar-refractivity contribution is 5.46. The second-order valence-electron chi connectivity index (χ2n) is 5.36. The van der Waals surface area contributed by atoms with Gasteiger partial charge in [-0.25, -0.2) is 9.50 Å². The molecule has 0 radical (unpaired) electrons. The van der Waals surface area contributed by atoms with E-state index in [0.29, 0.717) is 17.4 Å². The first-order valence-corrected chi connectivity index (χ1v) is 7.14. The van der Waals surface area contributed by atoms with Gasteiger partial charge in [0.2, 0.25) is 5.95 Å². The third-order valence-corrected chi connectivity index (χ3v) is 4.11. The summed E-state index contributed by atoms with van der Waals surface area (Å²) in [5.41, 5.74) is 0.562. The molecule has 0 amide bonds. The number of hydrogen-bond donors (Lipinski definition) is 1. The number of aromatic nitrogens is 4. The standard InChI is InChI=1S/C13H17N5O2/c19-12-10-8-15-11(9-2-6-20-7-3-9)18(10)16-13-14-4-1-5-17(12)13/h8-9H,1-7H2,(H,14,16). The summed E-state index contributed by atoms with van der Waals surface area (Å²) in [6.45, 7) is 3.09. The van der Waals surface area contributed by atoms with Crippen LogP contribution >= 0.6 is 0 Å². The fourth-order valence-corrected chi connectivity index (χ4v) is 3.00. The second kappa shape index (κ2) is 4.59. The smallest absolute Gasteiger partial charge is 0.280 e. The average Bonchev–Trinajstić information content (AvgIpc) is 2.92. The summed E-state index contributed by atoms with van der Waals surface area (Å²) in [5, 5.41) is 7.77. The molecule has 0 unspecified atom stereocenters. The summed E-state index contributed by atoms with van der Waals surface area (Å²) >= 11 is 0. The number of rotatable bonds is 1. The molecule has 2 aliphatic heterocycles. The van der Waals surface area contributed by atoms with Crippen molar-refractivity contribution in [1.29, 1.82) is 0 Å². The molecule has 2 aliphatic rings. The van der Waals surface area contributed by atoms with E-state index >= 15 is 0 Å². The first kappa shape index (κ1) is 11.9. The molecule has 4 rings (SSSR count). The highest BCUT2D eigenvalue weighted by atomic mass is 16.5. The van der Waals surface area contributed by atoms with E-state index in [2.05, 4.69) is 15.4 Å². The van der Waals surface area contributed by atoms with E-state index in [4.69, 9.17) is 4.74 Å². The third-order valence-electron chi connectivity index (χ3n) is 4.11. The van der Waals surface area contributed by atoms with Crippen molar-refractivity contribution < 1.29 is 4.74 Å². The first-order valence-electron chi connectivity index (χ1n) is 7.14. The Bertz CT molecular complexity index is 699. The van der Waals surface area contributed by atoms with Gasteiger partial charge in [-0.05, 0) is 19.3 Å². The van der Waals surface area contributed by atoms with Crippen molar-refractivity contribution in [2.75, 3.05) is 25.1 Å². The van der Waals surface area contributed by atoms with Crippen molar-refractivity contribution in [2.24, 2.45) is 0 Å². The topological polar surface area (TPSA) is 73.4 Å². The van der Waals surface area contributed by atoms with E-state index in [1.54, 1.807) is 15.3 Å². The fourth-order valence-electron chi connectivity index (χ4n) is 3.00. The van der Waals surface area contributed by atoms with Gasteiger partial charge in [-0.3, -0.25) is 9.36 Å². The van der Waals surface area contributed by atoms with E-state index in [1.807, 2.05) is 0 Å². The predicted molar refractivity (Wildman–Crippen MR) is 73.1 cm³/mol. The van der Waals surface area contributed by atoms with Gasteiger partial charge in [-0.1, -0.05) is 0 Å². The van der Waals surface area contributed by atoms with E-state index in [0.717, 1.165) is 51.4 Å². The Labute approximate surface area is 115 Å². The van der Waals surface area contributed by atoms with Crippen molar-refractivity contribution in [1.82, 2.24) is 19.2 Å². The van der Waals surface area contributed by atoms with Crippen molar-refractivity contribution in [3.05, 3.63) is 22.4 Å². The normalized spacial score (nSPS) is 19.8. The van der Waals surface area contributed by atoms with Crippen LogP contribution in [0, 0.1) is 0 Å². The molecule has 7 heteroatoms. The Kier molecular flexibility index (Phi) is 2.73. The molecule has 2 aromatic rings. The van der Waals surface area contributed by atoms with Gasteiger partial charge < -0.3 is 10.1 Å². The molecular weight excluding hydrogens is 258 g/mol. The molecule has 7 nitrogen and oxygen atoms in total. The maximum absolute atomic E-state index is 12.5. The lowest BCUT2D eigenvalue weighted by atomic mass is 10.00. The zero-order valence-corrected chi connectivity index (χ0v) is 11.2. The van der Waals surface area contributed by atoms with Crippen LogP contribution in [0.3, 0.4) is 0 Å². The molecule has 0 aliphatic carbocycles. The van der Waals surface area contributed by atoms with Crippen LogP contribution in [0.25, 0.3) is 5.52 Å². The summed E-state index contributed by atoms with van der Waals surface area (Å²) in [6.07, 6.45) is 4.48. The molecule has 1 fully saturated rings. The van der Waals surface area contributed by atoms with Crippen LogP contribution in [0.4, 0.5) is 5.95 Å². The largest absolute Gasteiger partial charge is 0.381 e. The summed E-state index contributed by atoms with van der Waals surface area (Å²) in [5.74, 6) is 1.86. The molecule has 106 valence electrons. The molecule has 4 heterocycles. The van der Waals surface area contributed by atoms with Gasteiger partial charge in [0.1, 0.15) is 5.82 Å². The van der Waals surface area contributed by atoms with E-state index < -0.39 is 0 Å². The molecule has 1 saturated heterocycles. The van der Waals surface area contributed by atoms with Gasteiger partial charge in [0.05, 0.1) is 6.20 Å². The van der Waals surface area contributed by atoms with Crippen LogP contribution in [0.2, 0.25) is 0 Å². The number of imidazole rings is 1. The lowest BCUT2D eigenvalue weighted by molar-refractivity contribution is 0.0832. The summed E-state index contributed by atoms with van der Waals surface area (Å²) in [4.78, 5) is 16.9. The molecule has 0 aromatic carbocycles. The van der Waals surface area contributed by atoms with Crippen LogP contribution in [0.15, 0.2) is 11.0 Å². The van der Waals surface area contributed by atoms with Crippen molar-refractivity contribution in [3.8, 4) is 0 Å². The second-order valence-corrected chi connectivity index (χ2v) is 5.36. The lowest BCUT2D eigenvalue weighted by Crippen LogP contribution is -2.32. The molecular formula is C13H17N5O2. The summed E-state index contributed by atoms with van der Waals surface area (Å²) in [7, 11) is 0. The lowest BCUT2D eigenvalue weighted by Gasteiger charge is -2.22. The minimum atomic E-state index is -0.00647. The minimum Gasteiger partial charge on any atom is -0.381 e. The van der Waals surface area contributed by atoms with Crippen LogP contribution in [0.1, 0.15) is 31.0 Å². The monoisotopic (exact) mass is 275 g/mol. The van der Waals surface area contributed by atoms with Crippen LogP contribution in [0.5, 0.6) is 0 Å². The molecule has 1 N–H and O–H groups in total. The van der Waals surface area contributed by atoms with Crippen molar-refractivity contribution in [3.63, 3.8) is 0 Å². The maximum atomic E-state index is 12.5. The first-order chi connectivity index (χ1) is 9.84. The highest BCUT2D eigenvalue weighted by Crippen LogP contribution is 2.25. The van der Waals surface area contributed by atoms with Crippen LogP contribution in [-0.4, -0.2) is 38.9 Å². The van der Waals surface area contributed by atoms with Gasteiger partial charge in [-0.15, -0.1) is 5.10 Å². The quantitative estimate of drug-likeness (QED) is 0.825. The third kappa shape index (κ3) is 1.73. The molecule has 0 bridgehead atoms. The number of nitrogens with one attached hydrogen (secondary N) is 1. The van der Waals surface area contributed by atoms with Crippen LogP contribution < -0.4 is 10.9 Å². The Morgan fingerprint density at radius 3 is 3.05 bits per heavy atom. The molecule has 20 heavy (non-hydrogen) atoms. The minimum absolute atomic E-state index is 0.00647. The molecule has 2 aromatic heterocycles. The van der Waals surface area contributed by atoms with Crippen molar-refractivity contribution in [2.45, 2.75) is 31.7 Å². The number of fused-ring (bicyclic) bond motifs is 2. The zero-order valence-electron chi connectivity index (χ0n) is 11.2. The van der Waals surface area contributed by atoms with Gasteiger partial charge in [0.25, 0.3) is 5.56 Å². The maximum Gasteiger partial charge on any atom is 0.280 e. The van der Waals surface area contributed by atoms with Gasteiger partial charge in [0.15, 0.2) is 5.52 Å². The number of ether oxygens (including phenoxy) is 1.